The van der Waals surface area contributed by atoms with Gasteiger partial charge in [0, 0.05) is 28.1 Å². The number of ether oxygens (including phenoxy) is 1. The average Bonchev–Trinajstić information content (AvgIpc) is 2.70. The fourth-order valence-corrected chi connectivity index (χ4v) is 5.87. The quantitative estimate of drug-likeness (QED) is 0.538. The summed E-state index contributed by atoms with van der Waals surface area (Å²) in [6.45, 7) is 0.256. The van der Waals surface area contributed by atoms with Crippen molar-refractivity contribution in [2.75, 3.05) is 13.7 Å². The molecule has 26 heavy (non-hydrogen) atoms. The van der Waals surface area contributed by atoms with Gasteiger partial charge in [0.2, 0.25) is 0 Å². The Bertz CT molecular complexity index is 893. The summed E-state index contributed by atoms with van der Waals surface area (Å²) in [4.78, 5) is 0. The summed E-state index contributed by atoms with van der Waals surface area (Å²) in [7, 11) is -1.45. The van der Waals surface area contributed by atoms with Crippen LogP contribution in [0.15, 0.2) is 90.2 Å². The van der Waals surface area contributed by atoms with Crippen LogP contribution >= 0.6 is 18.7 Å². The summed E-state index contributed by atoms with van der Waals surface area (Å²) in [5, 5.41) is 2.89. The minimum Gasteiger partial charge on any atom is -0.380 e. The first-order chi connectivity index (χ1) is 12.7. The highest BCUT2D eigenvalue weighted by atomic mass is 35.5. The predicted octanol–water partition coefficient (Wildman–Crippen LogP) is 5.34. The first-order valence-electron chi connectivity index (χ1n) is 8.32. The monoisotopic (exact) mass is 382 g/mol. The van der Waals surface area contributed by atoms with E-state index in [-0.39, 0.29) is 6.61 Å². The minimum atomic E-state index is -3.06. The number of methoxy groups -OCH3 is 1. The van der Waals surface area contributed by atoms with E-state index in [4.69, 9.17) is 16.3 Å². The Hall–Kier alpha value is -2.12. The second kappa shape index (κ2) is 8.51. The average molecular weight is 383 g/mol. The van der Waals surface area contributed by atoms with Crippen LogP contribution in [0.5, 0.6) is 0 Å². The number of halogens is 1. The lowest BCUT2D eigenvalue weighted by atomic mass is 10.2. The molecular weight excluding hydrogens is 363 g/mol. The third-order valence-electron chi connectivity index (χ3n) is 4.16. The molecule has 4 heteroatoms. The molecule has 0 unspecified atom stereocenters. The van der Waals surface area contributed by atoms with Gasteiger partial charge in [0.15, 0.2) is 7.14 Å². The molecule has 0 fully saturated rings. The maximum Gasteiger partial charge on any atom is 0.169 e. The molecule has 0 saturated carbocycles. The fourth-order valence-electron chi connectivity index (χ4n) is 2.90. The van der Waals surface area contributed by atoms with E-state index in [2.05, 4.69) is 0 Å². The second-order valence-corrected chi connectivity index (χ2v) is 9.10. The van der Waals surface area contributed by atoms with Crippen molar-refractivity contribution >= 4 is 35.4 Å². The van der Waals surface area contributed by atoms with E-state index in [0.717, 1.165) is 16.2 Å². The van der Waals surface area contributed by atoms with Crippen LogP contribution < -0.4 is 10.6 Å². The van der Waals surface area contributed by atoms with Crippen LogP contribution in [0.2, 0.25) is 5.02 Å². The van der Waals surface area contributed by atoms with Crippen LogP contribution in [0.3, 0.4) is 0 Å². The van der Waals surface area contributed by atoms with Gasteiger partial charge < -0.3 is 9.30 Å². The van der Waals surface area contributed by atoms with E-state index in [1.165, 1.54) is 0 Å². The van der Waals surface area contributed by atoms with Gasteiger partial charge in [-0.1, -0.05) is 90.5 Å². The van der Waals surface area contributed by atoms with Crippen molar-refractivity contribution in [3.63, 3.8) is 0 Å². The molecule has 0 atom stereocenters. The maximum atomic E-state index is 14.4. The smallest absolute Gasteiger partial charge is 0.169 e. The summed E-state index contributed by atoms with van der Waals surface area (Å²) in [6, 6.07) is 26.6. The molecule has 0 bridgehead atoms. The molecule has 0 aliphatic rings. The zero-order valence-corrected chi connectivity index (χ0v) is 16.2. The lowest BCUT2D eigenvalue weighted by Crippen LogP contribution is -2.19. The van der Waals surface area contributed by atoms with Crippen LogP contribution in [-0.2, 0) is 9.30 Å². The highest BCUT2D eigenvalue weighted by Crippen LogP contribution is 2.52. The van der Waals surface area contributed by atoms with E-state index in [1.54, 1.807) is 7.11 Å². The molecule has 0 amide bonds. The first-order valence-corrected chi connectivity index (χ1v) is 10.4. The molecule has 132 valence electrons. The highest BCUT2D eigenvalue weighted by molar-refractivity contribution is 7.82. The second-order valence-electron chi connectivity index (χ2n) is 5.87. The Morgan fingerprint density at radius 1 is 0.885 bits per heavy atom. The summed E-state index contributed by atoms with van der Waals surface area (Å²) < 4.78 is 19.9. The van der Waals surface area contributed by atoms with E-state index >= 15 is 0 Å². The van der Waals surface area contributed by atoms with Crippen molar-refractivity contribution < 1.29 is 9.30 Å². The van der Waals surface area contributed by atoms with E-state index in [1.807, 2.05) is 91.0 Å². The molecule has 0 aliphatic heterocycles. The molecule has 0 saturated heterocycles. The standard InChI is InChI=1S/C22H20ClO2P/c1-25-17-21(16-18-10-8-9-15-22(18)23)26(24,19-11-4-2-5-12-19)20-13-6-3-7-14-20/h2-16H,17H2,1H3/b21-16-. The van der Waals surface area contributed by atoms with E-state index in [9.17, 15) is 4.57 Å². The Kier molecular flexibility index (Phi) is 6.11. The molecule has 2 nitrogen and oxygen atoms in total. The van der Waals surface area contributed by atoms with Crippen LogP contribution in [0.1, 0.15) is 5.56 Å². The molecule has 3 aromatic carbocycles. The van der Waals surface area contributed by atoms with Crippen molar-refractivity contribution in [3.05, 3.63) is 101 Å². The number of hydrogen-bond acceptors (Lipinski definition) is 2. The maximum absolute atomic E-state index is 14.4. The third-order valence-corrected chi connectivity index (χ3v) is 7.63. The molecule has 3 rings (SSSR count). The van der Waals surface area contributed by atoms with Gasteiger partial charge in [-0.2, -0.15) is 0 Å². The van der Waals surface area contributed by atoms with Crippen molar-refractivity contribution in [2.45, 2.75) is 0 Å². The van der Waals surface area contributed by atoms with Gasteiger partial charge in [-0.25, -0.2) is 0 Å². The number of benzene rings is 3. The van der Waals surface area contributed by atoms with E-state index in [0.29, 0.717) is 10.3 Å². The summed E-state index contributed by atoms with van der Waals surface area (Å²) in [5.41, 5.74) is 0.827. The van der Waals surface area contributed by atoms with Crippen LogP contribution in [-0.4, -0.2) is 13.7 Å². The summed E-state index contributed by atoms with van der Waals surface area (Å²) in [6.07, 6.45) is 1.90. The van der Waals surface area contributed by atoms with E-state index < -0.39 is 7.14 Å². The molecule has 0 radical (unpaired) electrons. The Morgan fingerprint density at radius 2 is 1.38 bits per heavy atom. The highest BCUT2D eigenvalue weighted by Gasteiger charge is 2.31. The van der Waals surface area contributed by atoms with Gasteiger partial charge in [0.05, 0.1) is 6.61 Å². The molecule has 0 spiro atoms. The predicted molar refractivity (Wildman–Crippen MR) is 111 cm³/mol. The van der Waals surface area contributed by atoms with Gasteiger partial charge in [-0.05, 0) is 17.7 Å². The number of rotatable bonds is 6. The van der Waals surface area contributed by atoms with Crippen molar-refractivity contribution in [1.29, 1.82) is 0 Å². The lowest BCUT2D eigenvalue weighted by Gasteiger charge is -2.22. The largest absolute Gasteiger partial charge is 0.380 e. The fraction of sp³-hybridized carbons (Fsp3) is 0.0909. The molecule has 0 N–H and O–H groups in total. The lowest BCUT2D eigenvalue weighted by molar-refractivity contribution is 0.231. The van der Waals surface area contributed by atoms with Gasteiger partial charge in [-0.15, -0.1) is 0 Å². The zero-order chi connectivity index (χ0) is 18.4. The Morgan fingerprint density at radius 3 is 1.88 bits per heavy atom. The number of hydrogen-bond donors (Lipinski definition) is 0. The van der Waals surface area contributed by atoms with Crippen molar-refractivity contribution in [3.8, 4) is 0 Å². The Balaban J connectivity index is 2.25. The summed E-state index contributed by atoms with van der Waals surface area (Å²) in [5.74, 6) is 0. The van der Waals surface area contributed by atoms with Crippen LogP contribution in [0, 0.1) is 0 Å². The van der Waals surface area contributed by atoms with Crippen LogP contribution in [0.4, 0.5) is 0 Å². The molecule has 0 aliphatic carbocycles. The van der Waals surface area contributed by atoms with Crippen molar-refractivity contribution in [2.24, 2.45) is 0 Å². The molecule has 0 aromatic heterocycles. The SMILES string of the molecule is COC/C(=C/c1ccccc1Cl)P(=O)(c1ccccc1)c1ccccc1. The zero-order valence-electron chi connectivity index (χ0n) is 14.5. The molecular formula is C22H20ClO2P. The minimum absolute atomic E-state index is 0.256. The normalized spacial score (nSPS) is 12.2. The molecule has 3 aromatic rings. The van der Waals surface area contributed by atoms with Gasteiger partial charge in [-0.3, -0.25) is 0 Å². The van der Waals surface area contributed by atoms with Crippen LogP contribution in [0.25, 0.3) is 6.08 Å². The van der Waals surface area contributed by atoms with Crippen molar-refractivity contribution in [1.82, 2.24) is 0 Å². The summed E-state index contributed by atoms with van der Waals surface area (Å²) >= 11 is 6.34. The van der Waals surface area contributed by atoms with Gasteiger partial charge >= 0.3 is 0 Å². The topological polar surface area (TPSA) is 26.3 Å². The van der Waals surface area contributed by atoms with Gasteiger partial charge in [0.25, 0.3) is 0 Å². The van der Waals surface area contributed by atoms with Gasteiger partial charge in [0.1, 0.15) is 0 Å². The third kappa shape index (κ3) is 3.83. The Labute approximate surface area is 159 Å². The first kappa shape index (κ1) is 18.7. The molecule has 0 heterocycles.